The average molecular weight is 351 g/mol. The van der Waals surface area contributed by atoms with Gasteiger partial charge in [-0.2, -0.15) is 0 Å². The minimum Gasteiger partial charge on any atom is -0.454 e. The van der Waals surface area contributed by atoms with Crippen molar-refractivity contribution in [3.8, 4) is 0 Å². The average Bonchev–Trinajstić information content (AvgIpc) is 2.87. The van der Waals surface area contributed by atoms with Crippen molar-refractivity contribution in [2.24, 2.45) is 5.14 Å². The van der Waals surface area contributed by atoms with Crippen molar-refractivity contribution in [3.63, 3.8) is 0 Å². The molecular weight excluding hydrogens is 330 g/mol. The monoisotopic (exact) mass is 351 g/mol. The predicted molar refractivity (Wildman–Crippen MR) is 90.6 cm³/mol. The second-order valence-electron chi connectivity index (χ2n) is 5.34. The number of ether oxygens (including phenoxy) is 1. The third kappa shape index (κ3) is 4.21. The zero-order valence-corrected chi connectivity index (χ0v) is 14.5. The highest BCUT2D eigenvalue weighted by atomic mass is 32.2. The van der Waals surface area contributed by atoms with Gasteiger partial charge in [-0.15, -0.1) is 0 Å². The quantitative estimate of drug-likeness (QED) is 0.607. The number of nitrogens with two attached hydrogens (primary N) is 1. The van der Waals surface area contributed by atoms with Crippen LogP contribution in [-0.2, 0) is 32.7 Å². The van der Waals surface area contributed by atoms with E-state index in [2.05, 4.69) is 11.9 Å². The molecule has 2 rings (SSSR count). The maximum Gasteiger partial charge on any atom is 0.330 e. The Morgan fingerprint density at radius 2 is 2.17 bits per heavy atom. The first kappa shape index (κ1) is 18.2. The summed E-state index contributed by atoms with van der Waals surface area (Å²) in [5, 5.41) is 5.17. The number of unbranched alkanes of at least 4 members (excludes halogenated alkanes) is 1. The Hall–Kier alpha value is -2.19. The highest BCUT2D eigenvalue weighted by Crippen LogP contribution is 2.21. The summed E-state index contributed by atoms with van der Waals surface area (Å²) in [5.74, 6) is 0.125. The fraction of sp³-hybridized carbons (Fsp3) is 0.375. The molecule has 0 saturated carbocycles. The van der Waals surface area contributed by atoms with E-state index < -0.39 is 16.0 Å². The molecule has 1 aromatic carbocycles. The number of fused-ring (bicyclic) bond motifs is 1. The van der Waals surface area contributed by atoms with Gasteiger partial charge in [0.05, 0.1) is 15.9 Å². The number of carbonyl (C=O) groups is 1. The minimum absolute atomic E-state index is 0.00704. The van der Waals surface area contributed by atoms with Gasteiger partial charge in [-0.25, -0.2) is 23.3 Å². The van der Waals surface area contributed by atoms with Crippen LogP contribution in [0.1, 0.15) is 32.5 Å². The SMILES string of the molecule is C/C=C/C(=O)OCc1nc2cc(S(N)(=O)=O)ccc2n1CCCC. The van der Waals surface area contributed by atoms with E-state index in [-0.39, 0.29) is 11.5 Å². The largest absolute Gasteiger partial charge is 0.454 e. The maximum absolute atomic E-state index is 11.5. The maximum atomic E-state index is 11.5. The lowest BCUT2D eigenvalue weighted by Gasteiger charge is -2.08. The Bertz CT molecular complexity index is 869. The molecule has 24 heavy (non-hydrogen) atoms. The topological polar surface area (TPSA) is 104 Å². The van der Waals surface area contributed by atoms with Gasteiger partial charge in [0.2, 0.25) is 10.0 Å². The predicted octanol–water partition coefficient (Wildman–Crippen LogP) is 2.10. The number of nitrogens with zero attached hydrogens (tertiary/aromatic N) is 2. The lowest BCUT2D eigenvalue weighted by Crippen LogP contribution is -2.11. The van der Waals surface area contributed by atoms with Gasteiger partial charge in [-0.1, -0.05) is 19.4 Å². The van der Waals surface area contributed by atoms with E-state index in [1.165, 1.54) is 18.2 Å². The van der Waals surface area contributed by atoms with Gasteiger partial charge in [0.1, 0.15) is 12.4 Å². The summed E-state index contributed by atoms with van der Waals surface area (Å²) in [7, 11) is -3.79. The number of hydrogen-bond donors (Lipinski definition) is 1. The normalized spacial score (nSPS) is 12.1. The summed E-state index contributed by atoms with van der Waals surface area (Å²) in [5.41, 5.74) is 1.29. The van der Waals surface area contributed by atoms with E-state index in [0.29, 0.717) is 17.9 Å². The number of allylic oxidation sites excluding steroid dienone is 1. The summed E-state index contributed by atoms with van der Waals surface area (Å²) in [4.78, 5) is 15.9. The molecule has 0 aliphatic carbocycles. The molecule has 1 heterocycles. The van der Waals surface area contributed by atoms with Crippen molar-refractivity contribution in [2.45, 2.75) is 44.7 Å². The second-order valence-corrected chi connectivity index (χ2v) is 6.90. The van der Waals surface area contributed by atoms with E-state index in [4.69, 9.17) is 9.88 Å². The van der Waals surface area contributed by atoms with Crippen LogP contribution >= 0.6 is 0 Å². The van der Waals surface area contributed by atoms with Crippen molar-refractivity contribution in [1.29, 1.82) is 0 Å². The van der Waals surface area contributed by atoms with Crippen LogP contribution in [0.15, 0.2) is 35.2 Å². The van der Waals surface area contributed by atoms with Crippen LogP contribution in [0.3, 0.4) is 0 Å². The summed E-state index contributed by atoms with van der Waals surface area (Å²) in [6.45, 7) is 4.53. The number of carbonyl (C=O) groups excluding carboxylic acids is 1. The lowest BCUT2D eigenvalue weighted by molar-refractivity contribution is -0.139. The van der Waals surface area contributed by atoms with E-state index in [1.807, 2.05) is 4.57 Å². The number of aromatic nitrogens is 2. The third-order valence-corrected chi connectivity index (χ3v) is 4.42. The van der Waals surface area contributed by atoms with Crippen LogP contribution in [0, 0.1) is 0 Å². The zero-order chi connectivity index (χ0) is 17.7. The lowest BCUT2D eigenvalue weighted by atomic mass is 10.3. The Kier molecular flexibility index (Phi) is 5.74. The van der Waals surface area contributed by atoms with Gasteiger partial charge in [0.25, 0.3) is 0 Å². The summed E-state index contributed by atoms with van der Waals surface area (Å²) >= 11 is 0. The molecular formula is C16H21N3O4S. The molecule has 0 aliphatic heterocycles. The smallest absolute Gasteiger partial charge is 0.330 e. The second kappa shape index (κ2) is 7.59. The van der Waals surface area contributed by atoms with E-state index in [1.54, 1.807) is 19.1 Å². The van der Waals surface area contributed by atoms with Crippen LogP contribution < -0.4 is 5.14 Å². The van der Waals surface area contributed by atoms with Crippen molar-refractivity contribution >= 4 is 27.0 Å². The summed E-state index contributed by atoms with van der Waals surface area (Å²) in [6.07, 6.45) is 4.85. The molecule has 0 atom stereocenters. The van der Waals surface area contributed by atoms with Crippen LogP contribution in [0.4, 0.5) is 0 Å². The molecule has 7 nitrogen and oxygen atoms in total. The number of hydrogen-bond acceptors (Lipinski definition) is 5. The molecule has 130 valence electrons. The van der Waals surface area contributed by atoms with E-state index in [0.717, 1.165) is 18.4 Å². The van der Waals surface area contributed by atoms with Gasteiger partial charge < -0.3 is 9.30 Å². The fourth-order valence-electron chi connectivity index (χ4n) is 2.33. The number of rotatable bonds is 7. The first-order chi connectivity index (χ1) is 11.4. The Labute approximate surface area is 141 Å². The highest BCUT2D eigenvalue weighted by Gasteiger charge is 2.15. The number of primary sulfonamides is 1. The van der Waals surface area contributed by atoms with Crippen molar-refractivity contribution in [3.05, 3.63) is 36.2 Å². The first-order valence-electron chi connectivity index (χ1n) is 7.68. The Morgan fingerprint density at radius 1 is 1.42 bits per heavy atom. The number of sulfonamides is 1. The van der Waals surface area contributed by atoms with Crippen LogP contribution in [0.2, 0.25) is 0 Å². The van der Waals surface area contributed by atoms with Gasteiger partial charge in [0.15, 0.2) is 0 Å². The Balaban J connectivity index is 2.41. The fourth-order valence-corrected chi connectivity index (χ4v) is 2.87. The summed E-state index contributed by atoms with van der Waals surface area (Å²) in [6, 6.07) is 4.57. The zero-order valence-electron chi connectivity index (χ0n) is 13.7. The molecule has 0 fully saturated rings. The molecule has 0 aliphatic rings. The standard InChI is InChI=1S/C16H21N3O4S/c1-3-5-9-19-14-8-7-12(24(17,21)22)10-13(14)18-15(19)11-23-16(20)6-4-2/h4,6-8,10H,3,5,9,11H2,1-2H3,(H2,17,21,22)/b6-4+. The number of esters is 1. The number of aryl methyl sites for hydroxylation is 1. The number of benzene rings is 1. The number of imidazole rings is 1. The minimum atomic E-state index is -3.79. The van der Waals surface area contributed by atoms with Crippen LogP contribution in [-0.4, -0.2) is 23.9 Å². The van der Waals surface area contributed by atoms with Crippen molar-refractivity contribution in [1.82, 2.24) is 9.55 Å². The molecule has 2 N–H and O–H groups in total. The molecule has 8 heteroatoms. The molecule has 0 spiro atoms. The molecule has 2 aromatic rings. The molecule has 0 amide bonds. The summed E-state index contributed by atoms with van der Waals surface area (Å²) < 4.78 is 30.1. The Morgan fingerprint density at radius 3 is 2.79 bits per heavy atom. The molecule has 0 unspecified atom stereocenters. The third-order valence-electron chi connectivity index (χ3n) is 3.51. The first-order valence-corrected chi connectivity index (χ1v) is 9.23. The molecule has 1 aromatic heterocycles. The van der Waals surface area contributed by atoms with Gasteiger partial charge in [-0.05, 0) is 31.5 Å². The molecule has 0 radical (unpaired) electrons. The molecule has 0 saturated heterocycles. The molecule has 0 bridgehead atoms. The van der Waals surface area contributed by atoms with Crippen molar-refractivity contribution in [2.75, 3.05) is 0 Å². The van der Waals surface area contributed by atoms with E-state index >= 15 is 0 Å². The van der Waals surface area contributed by atoms with Gasteiger partial charge in [-0.3, -0.25) is 0 Å². The van der Waals surface area contributed by atoms with Gasteiger partial charge >= 0.3 is 5.97 Å². The van der Waals surface area contributed by atoms with Gasteiger partial charge in [0, 0.05) is 12.6 Å². The highest BCUT2D eigenvalue weighted by molar-refractivity contribution is 7.89. The van der Waals surface area contributed by atoms with E-state index in [9.17, 15) is 13.2 Å². The van der Waals surface area contributed by atoms with Crippen LogP contribution in [0.5, 0.6) is 0 Å². The van der Waals surface area contributed by atoms with Crippen LogP contribution in [0.25, 0.3) is 11.0 Å². The van der Waals surface area contributed by atoms with Crippen molar-refractivity contribution < 1.29 is 17.9 Å².